The van der Waals surface area contributed by atoms with Crippen molar-refractivity contribution in [2.45, 2.75) is 228 Å². The summed E-state index contributed by atoms with van der Waals surface area (Å²) < 4.78 is 63.8. The van der Waals surface area contributed by atoms with Gasteiger partial charge in [-0.1, -0.05) is 19.1 Å². The van der Waals surface area contributed by atoms with Crippen LogP contribution in [0.4, 0.5) is 0 Å². The summed E-state index contributed by atoms with van der Waals surface area (Å²) in [5.41, 5.74) is -3.69. The van der Waals surface area contributed by atoms with E-state index < -0.39 is 144 Å². The van der Waals surface area contributed by atoms with Crippen LogP contribution in [-0.2, 0) is 47.4 Å². The number of ether oxygens (including phenoxy) is 10. The molecule has 2 aliphatic carbocycles. The number of carbonyl (C=O) groups is 2. The predicted molar refractivity (Wildman–Crippen MR) is 264 cm³/mol. The predicted octanol–water partition coefficient (Wildman–Crippen LogP) is 3.79. The maximum Gasteiger partial charge on any atom is 0.202 e. The van der Waals surface area contributed by atoms with Crippen LogP contribution in [0.1, 0.15) is 155 Å². The molecular formula is C54H78N2O19. The largest absolute Gasteiger partial charge is 0.507 e. The first kappa shape index (κ1) is 56.3. The topological polar surface area (TPSA) is 275 Å². The quantitative estimate of drug-likeness (QED) is 0.120. The third-order valence-electron chi connectivity index (χ3n) is 16.7. The zero-order valence-corrected chi connectivity index (χ0v) is 44.6. The molecule has 5 saturated heterocycles. The smallest absolute Gasteiger partial charge is 0.202 e. The van der Waals surface area contributed by atoms with Crippen molar-refractivity contribution in [1.82, 2.24) is 9.80 Å². The maximum atomic E-state index is 14.3. The SMILES string of the molecule is CCC1(O)CC(OC2CC(N(C)C)C(OC3CC(O)C(OC4CCC(OC5CCC(O)C(C)O5)C(C)O4)C(C)O3)C(C)O2)c2c(O)c3c(c(O)c2C1OC1CC(N(C)C)C(O)C(C)O1)C(=O)c1cccc(O)c1C3=O. The molecule has 0 amide bonds. The number of likely N-dealkylation sites (N-methyl/N-ethyl adjacent to an activating group) is 2. The van der Waals surface area contributed by atoms with Crippen molar-refractivity contribution in [2.24, 2.45) is 0 Å². The third-order valence-corrected chi connectivity index (χ3v) is 16.7. The molecule has 5 fully saturated rings. The van der Waals surface area contributed by atoms with Gasteiger partial charge >= 0.3 is 0 Å². The van der Waals surface area contributed by atoms with Crippen LogP contribution >= 0.6 is 0 Å². The van der Waals surface area contributed by atoms with E-state index in [2.05, 4.69) is 0 Å². The van der Waals surface area contributed by atoms with Gasteiger partial charge in [0.05, 0.1) is 83.3 Å². The van der Waals surface area contributed by atoms with Crippen molar-refractivity contribution in [3.05, 3.63) is 51.6 Å². The lowest BCUT2D eigenvalue weighted by Gasteiger charge is -2.49. The van der Waals surface area contributed by atoms with E-state index in [0.29, 0.717) is 25.7 Å². The minimum Gasteiger partial charge on any atom is -0.507 e. The van der Waals surface area contributed by atoms with Gasteiger partial charge in [-0.2, -0.15) is 0 Å². The number of benzene rings is 2. The summed E-state index contributed by atoms with van der Waals surface area (Å²) in [6, 6.07) is 3.19. The highest BCUT2D eigenvalue weighted by Gasteiger charge is 2.55. The Labute approximate surface area is 437 Å². The third kappa shape index (κ3) is 10.9. The fourth-order valence-electron chi connectivity index (χ4n) is 12.3. The number of nitrogens with zero attached hydrogens (tertiary/aromatic N) is 2. The molecule has 5 heterocycles. The van der Waals surface area contributed by atoms with Gasteiger partial charge < -0.3 is 92.9 Å². The summed E-state index contributed by atoms with van der Waals surface area (Å²) in [6.45, 7) is 10.8. The molecule has 2 aromatic carbocycles. The molecule has 7 aliphatic rings. The fourth-order valence-corrected chi connectivity index (χ4v) is 12.3. The second kappa shape index (κ2) is 22.4. The van der Waals surface area contributed by atoms with E-state index >= 15 is 0 Å². The van der Waals surface area contributed by atoms with Gasteiger partial charge in [0.25, 0.3) is 0 Å². The zero-order chi connectivity index (χ0) is 54.1. The second-order valence-corrected chi connectivity index (χ2v) is 22.2. The molecule has 9 rings (SSSR count). The molecule has 0 radical (unpaired) electrons. The molecule has 21 atom stereocenters. The van der Waals surface area contributed by atoms with Crippen molar-refractivity contribution in [3.63, 3.8) is 0 Å². The molecular weight excluding hydrogens is 981 g/mol. The number of phenolic OH excluding ortho intramolecular Hbond substituents is 3. The van der Waals surface area contributed by atoms with Crippen molar-refractivity contribution < 1.29 is 92.7 Å². The number of aromatic hydroxyl groups is 3. The molecule has 2 aromatic rings. The van der Waals surface area contributed by atoms with Crippen LogP contribution in [0.2, 0.25) is 0 Å². The number of fused-ring (bicyclic) bond motifs is 3. The van der Waals surface area contributed by atoms with E-state index in [4.69, 9.17) is 47.4 Å². The van der Waals surface area contributed by atoms with Crippen LogP contribution in [0.3, 0.4) is 0 Å². The van der Waals surface area contributed by atoms with Crippen LogP contribution in [0.25, 0.3) is 0 Å². The van der Waals surface area contributed by atoms with Crippen LogP contribution in [-0.4, -0.2) is 202 Å². The molecule has 0 saturated carbocycles. The molecule has 0 aromatic heterocycles. The maximum absolute atomic E-state index is 14.3. The Balaban J connectivity index is 0.924. The van der Waals surface area contributed by atoms with Crippen molar-refractivity contribution in [2.75, 3.05) is 28.2 Å². The minimum absolute atomic E-state index is 0.0283. The molecule has 7 N–H and O–H groups in total. The van der Waals surface area contributed by atoms with E-state index in [1.54, 1.807) is 13.8 Å². The molecule has 21 nitrogen and oxygen atoms in total. The minimum atomic E-state index is -1.85. The van der Waals surface area contributed by atoms with Gasteiger partial charge in [0.15, 0.2) is 37.2 Å². The lowest BCUT2D eigenvalue weighted by Crippen LogP contribution is -2.58. The number of aliphatic hydroxyl groups is 4. The lowest BCUT2D eigenvalue weighted by atomic mass is 9.70. The van der Waals surface area contributed by atoms with Gasteiger partial charge in [0, 0.05) is 67.3 Å². The standard InChI is InChI=1S/C54H78N2O19/c1-11-54(65)22-35(42-45(53(54)75-39-19-29(55(7)8)46(60)25(4)68-39)50(64)43-44(49(42)63)48(62)41-28(47(43)61)13-12-14-32(41)58)72-38-20-30(56(9)10)51(26(5)69-38)74-40-21-33(59)52(27(6)70-40)73-37-18-16-34(24(3)67-37)71-36-17-15-31(57)23(2)66-36/h12-14,23-27,29-31,33-40,46,51-53,57-60,63-65H,11,15-22H2,1-10H3. The number of rotatable bonds is 13. The van der Waals surface area contributed by atoms with Gasteiger partial charge in [0.1, 0.15) is 35.6 Å². The molecule has 75 heavy (non-hydrogen) atoms. The Bertz CT molecular complexity index is 2380. The zero-order valence-electron chi connectivity index (χ0n) is 44.6. The summed E-state index contributed by atoms with van der Waals surface area (Å²) in [6.07, 6.45) is -10.6. The van der Waals surface area contributed by atoms with Gasteiger partial charge in [-0.25, -0.2) is 0 Å². The van der Waals surface area contributed by atoms with Crippen LogP contribution in [0.15, 0.2) is 18.2 Å². The summed E-state index contributed by atoms with van der Waals surface area (Å²) >= 11 is 0. The van der Waals surface area contributed by atoms with Gasteiger partial charge in [-0.3, -0.25) is 9.59 Å². The Hall–Kier alpha value is -3.46. The summed E-state index contributed by atoms with van der Waals surface area (Å²) in [7, 11) is 7.37. The Morgan fingerprint density at radius 3 is 1.80 bits per heavy atom. The van der Waals surface area contributed by atoms with E-state index in [0.717, 1.165) is 0 Å². The molecule has 0 bridgehead atoms. The summed E-state index contributed by atoms with van der Waals surface area (Å²) in [5, 5.41) is 81.1. The molecule has 21 unspecified atom stereocenters. The molecule has 5 aliphatic heterocycles. The van der Waals surface area contributed by atoms with Crippen LogP contribution in [0.5, 0.6) is 17.2 Å². The number of phenols is 3. The first-order valence-corrected chi connectivity index (χ1v) is 26.7. The molecule has 0 spiro atoms. The Morgan fingerprint density at radius 1 is 0.587 bits per heavy atom. The highest BCUT2D eigenvalue weighted by atomic mass is 16.7. The first-order chi connectivity index (χ1) is 35.5. The summed E-state index contributed by atoms with van der Waals surface area (Å²) in [5.74, 6) is -3.62. The van der Waals surface area contributed by atoms with E-state index in [-0.39, 0.29) is 78.7 Å². The summed E-state index contributed by atoms with van der Waals surface area (Å²) in [4.78, 5) is 32.4. The average Bonchev–Trinajstić information content (AvgIpc) is 3.37. The van der Waals surface area contributed by atoms with E-state index in [9.17, 15) is 45.3 Å². The highest BCUT2D eigenvalue weighted by molar-refractivity contribution is 6.31. The Morgan fingerprint density at radius 2 is 1.15 bits per heavy atom. The normalized spacial score (nSPS) is 41.3. The molecule has 418 valence electrons. The van der Waals surface area contributed by atoms with Crippen LogP contribution < -0.4 is 0 Å². The monoisotopic (exact) mass is 1060 g/mol. The van der Waals surface area contributed by atoms with Gasteiger partial charge in [-0.05, 0) is 88.1 Å². The molecule has 21 heteroatoms. The van der Waals surface area contributed by atoms with Crippen LogP contribution in [0, 0.1) is 0 Å². The number of carbonyl (C=O) groups excluding carboxylic acids is 2. The number of hydrogen-bond donors (Lipinski definition) is 7. The second-order valence-electron chi connectivity index (χ2n) is 22.2. The Kier molecular flexibility index (Phi) is 16.8. The number of aliphatic hydroxyl groups excluding tert-OH is 3. The van der Waals surface area contributed by atoms with Crippen molar-refractivity contribution in [1.29, 1.82) is 0 Å². The van der Waals surface area contributed by atoms with Gasteiger partial charge in [-0.15, -0.1) is 0 Å². The number of ketones is 2. The number of hydrogen-bond acceptors (Lipinski definition) is 21. The average molecular weight is 1060 g/mol. The highest BCUT2D eigenvalue weighted by Crippen LogP contribution is 2.58. The van der Waals surface area contributed by atoms with Crippen molar-refractivity contribution in [3.8, 4) is 17.2 Å². The van der Waals surface area contributed by atoms with Gasteiger partial charge in [0.2, 0.25) is 5.78 Å². The van der Waals surface area contributed by atoms with E-state index in [1.807, 2.05) is 65.7 Å². The fraction of sp³-hybridized carbons (Fsp3) is 0.741. The first-order valence-electron chi connectivity index (χ1n) is 26.7. The lowest BCUT2D eigenvalue weighted by molar-refractivity contribution is -0.333. The van der Waals surface area contributed by atoms with E-state index in [1.165, 1.54) is 18.2 Å². The van der Waals surface area contributed by atoms with Crippen molar-refractivity contribution >= 4 is 11.6 Å².